The maximum absolute atomic E-state index is 5.39. The number of hydrogen-bond acceptors (Lipinski definition) is 3. The van der Waals surface area contributed by atoms with Crippen LogP contribution < -0.4 is 10.6 Å². The fourth-order valence-corrected chi connectivity index (χ4v) is 3.43. The Kier molecular flexibility index (Phi) is 12.7. The number of piperidine rings is 1. The summed E-state index contributed by atoms with van der Waals surface area (Å²) < 4.78 is 5.39. The summed E-state index contributed by atoms with van der Waals surface area (Å²) in [6.07, 6.45) is 2.68. The van der Waals surface area contributed by atoms with Crippen LogP contribution in [0, 0.1) is 5.92 Å². The van der Waals surface area contributed by atoms with Crippen molar-refractivity contribution in [3.8, 4) is 0 Å². The second kappa shape index (κ2) is 14.2. The van der Waals surface area contributed by atoms with Crippen LogP contribution in [0.4, 0.5) is 0 Å². The number of likely N-dealkylation sites (tertiary alicyclic amines) is 1. The highest BCUT2D eigenvalue weighted by Gasteiger charge is 2.17. The summed E-state index contributed by atoms with van der Waals surface area (Å²) in [4.78, 5) is 7.36. The summed E-state index contributed by atoms with van der Waals surface area (Å²) in [6.45, 7) is 13.7. The van der Waals surface area contributed by atoms with Gasteiger partial charge in [-0.1, -0.05) is 31.2 Å². The molecule has 1 saturated heterocycles. The molecule has 1 aromatic carbocycles. The molecule has 1 fully saturated rings. The van der Waals surface area contributed by atoms with Gasteiger partial charge in [-0.2, -0.15) is 0 Å². The lowest BCUT2D eigenvalue weighted by Crippen LogP contribution is -2.39. The van der Waals surface area contributed by atoms with E-state index in [-0.39, 0.29) is 24.0 Å². The molecule has 0 amide bonds. The van der Waals surface area contributed by atoms with E-state index in [0.29, 0.717) is 13.2 Å². The van der Waals surface area contributed by atoms with E-state index >= 15 is 0 Å². The second-order valence-electron chi connectivity index (χ2n) is 7.07. The van der Waals surface area contributed by atoms with Crippen molar-refractivity contribution in [1.29, 1.82) is 0 Å². The molecule has 0 radical (unpaired) electrons. The SMILES string of the molecule is CCNC(=NCc1ccccc1CN1CCCC(C)C1)NCCOCC.I. The molecular formula is C21H37IN4O. The van der Waals surface area contributed by atoms with Crippen molar-refractivity contribution in [3.63, 3.8) is 0 Å². The molecule has 1 aromatic rings. The molecule has 1 atom stereocenters. The third kappa shape index (κ3) is 9.25. The average Bonchev–Trinajstić information content (AvgIpc) is 2.64. The highest BCUT2D eigenvalue weighted by Crippen LogP contribution is 2.19. The van der Waals surface area contributed by atoms with Crippen molar-refractivity contribution in [2.24, 2.45) is 10.9 Å². The van der Waals surface area contributed by atoms with Gasteiger partial charge in [-0.25, -0.2) is 4.99 Å². The van der Waals surface area contributed by atoms with Crippen molar-refractivity contribution >= 4 is 29.9 Å². The van der Waals surface area contributed by atoms with Crippen LogP contribution >= 0.6 is 24.0 Å². The molecule has 1 aliphatic heterocycles. The van der Waals surface area contributed by atoms with Crippen LogP contribution in [-0.4, -0.2) is 50.3 Å². The summed E-state index contributed by atoms with van der Waals surface area (Å²) in [5.41, 5.74) is 2.71. The predicted octanol–water partition coefficient (Wildman–Crippen LogP) is 3.63. The van der Waals surface area contributed by atoms with E-state index in [1.807, 2.05) is 6.92 Å². The molecule has 1 aliphatic rings. The van der Waals surface area contributed by atoms with Crippen LogP contribution in [0.1, 0.15) is 44.7 Å². The van der Waals surface area contributed by atoms with E-state index in [4.69, 9.17) is 9.73 Å². The number of hydrogen-bond donors (Lipinski definition) is 2. The minimum Gasteiger partial charge on any atom is -0.380 e. The van der Waals surface area contributed by atoms with Crippen LogP contribution in [0.5, 0.6) is 0 Å². The predicted molar refractivity (Wildman–Crippen MR) is 125 cm³/mol. The molecule has 2 rings (SSSR count). The first-order valence-corrected chi connectivity index (χ1v) is 10.1. The van der Waals surface area contributed by atoms with Crippen molar-refractivity contribution in [3.05, 3.63) is 35.4 Å². The van der Waals surface area contributed by atoms with Gasteiger partial charge in [0.2, 0.25) is 0 Å². The number of halogens is 1. The molecule has 0 spiro atoms. The van der Waals surface area contributed by atoms with E-state index < -0.39 is 0 Å². The Bertz CT molecular complexity index is 553. The van der Waals surface area contributed by atoms with Crippen LogP contribution in [-0.2, 0) is 17.8 Å². The molecule has 1 unspecified atom stereocenters. The minimum atomic E-state index is 0. The molecule has 1 heterocycles. The number of guanidine groups is 1. The zero-order valence-corrected chi connectivity index (χ0v) is 19.5. The lowest BCUT2D eigenvalue weighted by Gasteiger charge is -2.31. The van der Waals surface area contributed by atoms with E-state index in [1.54, 1.807) is 0 Å². The summed E-state index contributed by atoms with van der Waals surface area (Å²) in [6, 6.07) is 8.71. The Morgan fingerprint density at radius 1 is 1.22 bits per heavy atom. The van der Waals surface area contributed by atoms with Crippen LogP contribution in [0.3, 0.4) is 0 Å². The third-order valence-electron chi connectivity index (χ3n) is 4.75. The number of nitrogens with one attached hydrogen (secondary N) is 2. The lowest BCUT2D eigenvalue weighted by atomic mass is 9.99. The smallest absolute Gasteiger partial charge is 0.191 e. The van der Waals surface area contributed by atoms with Crippen molar-refractivity contribution in [2.75, 3.05) is 39.4 Å². The molecule has 0 saturated carbocycles. The maximum atomic E-state index is 5.39. The first kappa shape index (κ1) is 24.2. The molecule has 5 nitrogen and oxygen atoms in total. The number of ether oxygens (including phenoxy) is 1. The van der Waals surface area contributed by atoms with Crippen LogP contribution in [0.15, 0.2) is 29.3 Å². The molecule has 154 valence electrons. The number of benzene rings is 1. The first-order chi connectivity index (χ1) is 12.7. The molecule has 0 bridgehead atoms. The maximum Gasteiger partial charge on any atom is 0.191 e. The molecule has 0 aliphatic carbocycles. The monoisotopic (exact) mass is 488 g/mol. The number of aliphatic imine (C=N–C) groups is 1. The normalized spacial score (nSPS) is 18.0. The topological polar surface area (TPSA) is 48.9 Å². The Morgan fingerprint density at radius 3 is 2.70 bits per heavy atom. The zero-order valence-electron chi connectivity index (χ0n) is 17.2. The quantitative estimate of drug-likeness (QED) is 0.241. The van der Waals surface area contributed by atoms with Gasteiger partial charge in [-0.05, 0) is 50.3 Å². The van der Waals surface area contributed by atoms with Gasteiger partial charge in [-0.15, -0.1) is 24.0 Å². The summed E-state index contributed by atoms with van der Waals surface area (Å²) in [7, 11) is 0. The lowest BCUT2D eigenvalue weighted by molar-refractivity contribution is 0.152. The van der Waals surface area contributed by atoms with Gasteiger partial charge in [0.15, 0.2) is 5.96 Å². The van der Waals surface area contributed by atoms with Gasteiger partial charge in [0.1, 0.15) is 0 Å². The van der Waals surface area contributed by atoms with Gasteiger partial charge in [0.25, 0.3) is 0 Å². The zero-order chi connectivity index (χ0) is 18.6. The molecule has 2 N–H and O–H groups in total. The highest BCUT2D eigenvalue weighted by molar-refractivity contribution is 14.0. The van der Waals surface area contributed by atoms with Crippen LogP contribution in [0.25, 0.3) is 0 Å². The second-order valence-corrected chi connectivity index (χ2v) is 7.07. The molecule has 27 heavy (non-hydrogen) atoms. The van der Waals surface area contributed by atoms with Crippen molar-refractivity contribution < 1.29 is 4.74 Å². The van der Waals surface area contributed by atoms with Gasteiger partial charge in [0.05, 0.1) is 13.2 Å². The summed E-state index contributed by atoms with van der Waals surface area (Å²) in [5, 5.41) is 6.65. The number of rotatable bonds is 9. The van der Waals surface area contributed by atoms with E-state index in [2.05, 4.69) is 53.6 Å². The Labute approximate surface area is 182 Å². The Hall–Kier alpha value is -0.860. The van der Waals surface area contributed by atoms with Crippen molar-refractivity contribution in [1.82, 2.24) is 15.5 Å². The Balaban J connectivity index is 0.00000364. The standard InChI is InChI=1S/C21H36N4O.HI/c1-4-22-21(23-12-14-26-5-2)24-15-19-10-6-7-11-20(19)17-25-13-8-9-18(3)16-25;/h6-7,10-11,18H,4-5,8-9,12-17H2,1-3H3,(H2,22,23,24);1H. The summed E-state index contributed by atoms with van der Waals surface area (Å²) in [5.74, 6) is 1.66. The van der Waals surface area contributed by atoms with E-state index in [1.165, 1.54) is 37.1 Å². The van der Waals surface area contributed by atoms with Gasteiger partial charge >= 0.3 is 0 Å². The third-order valence-corrected chi connectivity index (χ3v) is 4.75. The fraction of sp³-hybridized carbons (Fsp3) is 0.667. The van der Waals surface area contributed by atoms with Gasteiger partial charge in [-0.3, -0.25) is 4.90 Å². The number of nitrogens with zero attached hydrogens (tertiary/aromatic N) is 2. The highest BCUT2D eigenvalue weighted by atomic mass is 127. The largest absolute Gasteiger partial charge is 0.380 e. The van der Waals surface area contributed by atoms with Gasteiger partial charge < -0.3 is 15.4 Å². The van der Waals surface area contributed by atoms with Crippen LogP contribution in [0.2, 0.25) is 0 Å². The van der Waals surface area contributed by atoms with Gasteiger partial charge in [0, 0.05) is 32.8 Å². The fourth-order valence-electron chi connectivity index (χ4n) is 3.43. The summed E-state index contributed by atoms with van der Waals surface area (Å²) >= 11 is 0. The minimum absolute atomic E-state index is 0. The first-order valence-electron chi connectivity index (χ1n) is 10.1. The average molecular weight is 488 g/mol. The van der Waals surface area contributed by atoms with E-state index in [0.717, 1.165) is 38.1 Å². The van der Waals surface area contributed by atoms with Crippen molar-refractivity contribution in [2.45, 2.75) is 46.7 Å². The molecule has 0 aromatic heterocycles. The van der Waals surface area contributed by atoms with E-state index in [9.17, 15) is 0 Å². The molecule has 6 heteroatoms. The Morgan fingerprint density at radius 2 is 2.00 bits per heavy atom. The molecular weight excluding hydrogens is 451 g/mol.